The standard InChI is InChI=1S/C19H23N/c1-3-4-7-12-19(2)13-8-11-18-16(19)14-15-9-5-6-10-17(15)20-18/h5-6,8-11,14H,3-4,7,12-13H2,1-2H3. The van der Waals surface area contributed by atoms with Gasteiger partial charge in [-0.2, -0.15) is 0 Å². The van der Waals surface area contributed by atoms with E-state index >= 15 is 0 Å². The second-order valence-electron chi connectivity index (χ2n) is 6.24. The largest absolute Gasteiger partial charge is 0.248 e. The number of pyridine rings is 1. The first-order chi connectivity index (χ1) is 9.73. The molecule has 1 aromatic carbocycles. The third-order valence-corrected chi connectivity index (χ3v) is 4.58. The molecule has 3 rings (SSSR count). The molecule has 0 radical (unpaired) electrons. The second kappa shape index (κ2) is 5.40. The minimum Gasteiger partial charge on any atom is -0.248 e. The lowest BCUT2D eigenvalue weighted by atomic mass is 9.72. The van der Waals surface area contributed by atoms with Crippen molar-refractivity contribution < 1.29 is 0 Å². The van der Waals surface area contributed by atoms with Gasteiger partial charge in [0.1, 0.15) is 0 Å². The number of hydrogen-bond acceptors (Lipinski definition) is 1. The molecule has 0 aliphatic heterocycles. The molecule has 1 aromatic heterocycles. The highest BCUT2D eigenvalue weighted by atomic mass is 14.7. The fourth-order valence-electron chi connectivity index (χ4n) is 3.28. The van der Waals surface area contributed by atoms with E-state index in [2.05, 4.69) is 56.3 Å². The van der Waals surface area contributed by atoms with Crippen LogP contribution in [0.2, 0.25) is 0 Å². The van der Waals surface area contributed by atoms with E-state index in [1.54, 1.807) is 0 Å². The van der Waals surface area contributed by atoms with Gasteiger partial charge in [-0.15, -0.1) is 0 Å². The van der Waals surface area contributed by atoms with E-state index in [4.69, 9.17) is 4.98 Å². The Morgan fingerprint density at radius 3 is 2.90 bits per heavy atom. The smallest absolute Gasteiger partial charge is 0.0709 e. The number of fused-ring (bicyclic) bond motifs is 2. The van der Waals surface area contributed by atoms with Crippen molar-refractivity contribution in [2.24, 2.45) is 0 Å². The second-order valence-corrected chi connectivity index (χ2v) is 6.24. The fraction of sp³-hybridized carbons (Fsp3) is 0.421. The summed E-state index contributed by atoms with van der Waals surface area (Å²) in [6.07, 6.45) is 10.8. The van der Waals surface area contributed by atoms with Crippen molar-refractivity contribution in [1.82, 2.24) is 4.98 Å². The van der Waals surface area contributed by atoms with Crippen LogP contribution in [0.4, 0.5) is 0 Å². The molecule has 1 heteroatoms. The van der Waals surface area contributed by atoms with E-state index in [1.165, 1.54) is 42.3 Å². The molecule has 0 saturated carbocycles. The van der Waals surface area contributed by atoms with Gasteiger partial charge in [0.05, 0.1) is 11.2 Å². The van der Waals surface area contributed by atoms with Crippen LogP contribution >= 0.6 is 0 Å². The SMILES string of the molecule is CCCCCC1(C)CC=Cc2nc3ccccc3cc21. The fourth-order valence-corrected chi connectivity index (χ4v) is 3.28. The van der Waals surface area contributed by atoms with Crippen molar-refractivity contribution in [3.8, 4) is 0 Å². The van der Waals surface area contributed by atoms with Crippen LogP contribution in [0.3, 0.4) is 0 Å². The summed E-state index contributed by atoms with van der Waals surface area (Å²) in [5.74, 6) is 0. The molecule has 20 heavy (non-hydrogen) atoms. The van der Waals surface area contributed by atoms with E-state index in [0.717, 1.165) is 11.9 Å². The van der Waals surface area contributed by atoms with Crippen LogP contribution in [-0.4, -0.2) is 4.98 Å². The summed E-state index contributed by atoms with van der Waals surface area (Å²) < 4.78 is 0. The first kappa shape index (κ1) is 13.4. The minimum absolute atomic E-state index is 0.260. The zero-order chi connectivity index (χ0) is 14.0. The van der Waals surface area contributed by atoms with Crippen molar-refractivity contribution >= 4 is 17.0 Å². The summed E-state index contributed by atoms with van der Waals surface area (Å²) in [6.45, 7) is 4.67. The molecule has 1 nitrogen and oxygen atoms in total. The van der Waals surface area contributed by atoms with Gasteiger partial charge in [-0.3, -0.25) is 0 Å². The first-order valence-electron chi connectivity index (χ1n) is 7.80. The molecular formula is C19H23N. The summed E-state index contributed by atoms with van der Waals surface area (Å²) >= 11 is 0. The number of unbranched alkanes of at least 4 members (excludes halogenated alkanes) is 2. The number of nitrogens with zero attached hydrogens (tertiary/aromatic N) is 1. The molecule has 0 bridgehead atoms. The van der Waals surface area contributed by atoms with Gasteiger partial charge >= 0.3 is 0 Å². The van der Waals surface area contributed by atoms with Crippen molar-refractivity contribution in [3.05, 3.63) is 47.7 Å². The van der Waals surface area contributed by atoms with Gasteiger partial charge in [0, 0.05) is 5.39 Å². The van der Waals surface area contributed by atoms with Crippen molar-refractivity contribution in [2.75, 3.05) is 0 Å². The van der Waals surface area contributed by atoms with Crippen LogP contribution in [0.25, 0.3) is 17.0 Å². The Hall–Kier alpha value is -1.63. The summed E-state index contributed by atoms with van der Waals surface area (Å²) in [6, 6.07) is 10.8. The number of benzene rings is 1. The highest BCUT2D eigenvalue weighted by molar-refractivity contribution is 5.81. The van der Waals surface area contributed by atoms with Gasteiger partial charge in [0.15, 0.2) is 0 Å². The molecule has 0 amide bonds. The van der Waals surface area contributed by atoms with Gasteiger partial charge in [0.25, 0.3) is 0 Å². The van der Waals surface area contributed by atoms with Crippen molar-refractivity contribution in [2.45, 2.75) is 51.4 Å². The highest BCUT2D eigenvalue weighted by Gasteiger charge is 2.30. The van der Waals surface area contributed by atoms with Crippen LogP contribution in [0.15, 0.2) is 36.4 Å². The first-order valence-corrected chi connectivity index (χ1v) is 7.80. The number of aromatic nitrogens is 1. The van der Waals surface area contributed by atoms with Crippen LogP contribution in [0.1, 0.15) is 57.2 Å². The maximum absolute atomic E-state index is 4.85. The normalized spacial score (nSPS) is 21.1. The topological polar surface area (TPSA) is 12.9 Å². The molecule has 1 aliphatic rings. The molecule has 1 aliphatic carbocycles. The molecule has 1 atom stereocenters. The molecule has 1 unspecified atom stereocenters. The highest BCUT2D eigenvalue weighted by Crippen LogP contribution is 2.40. The molecule has 0 fully saturated rings. The number of rotatable bonds is 4. The van der Waals surface area contributed by atoms with E-state index in [-0.39, 0.29) is 5.41 Å². The van der Waals surface area contributed by atoms with E-state index in [9.17, 15) is 0 Å². The van der Waals surface area contributed by atoms with Gasteiger partial charge in [-0.1, -0.05) is 57.4 Å². The lowest BCUT2D eigenvalue weighted by molar-refractivity contribution is 0.411. The number of para-hydroxylation sites is 1. The number of hydrogen-bond donors (Lipinski definition) is 0. The summed E-state index contributed by atoms with van der Waals surface area (Å²) in [5, 5.41) is 1.27. The Balaban J connectivity index is 2.03. The van der Waals surface area contributed by atoms with E-state index < -0.39 is 0 Å². The van der Waals surface area contributed by atoms with Crippen LogP contribution < -0.4 is 0 Å². The Kier molecular flexibility index (Phi) is 3.60. The molecular weight excluding hydrogens is 242 g/mol. The third-order valence-electron chi connectivity index (χ3n) is 4.58. The molecule has 104 valence electrons. The predicted molar refractivity (Wildman–Crippen MR) is 86.9 cm³/mol. The third kappa shape index (κ3) is 2.37. The quantitative estimate of drug-likeness (QED) is 0.666. The maximum atomic E-state index is 4.85. The molecule has 1 heterocycles. The minimum atomic E-state index is 0.260. The average Bonchev–Trinajstić information content (AvgIpc) is 2.46. The van der Waals surface area contributed by atoms with Crippen LogP contribution in [-0.2, 0) is 5.41 Å². The Labute approximate surface area is 121 Å². The van der Waals surface area contributed by atoms with Gasteiger partial charge in [-0.25, -0.2) is 4.98 Å². The Morgan fingerprint density at radius 1 is 1.20 bits per heavy atom. The van der Waals surface area contributed by atoms with E-state index in [1.807, 2.05) is 0 Å². The Morgan fingerprint density at radius 2 is 2.05 bits per heavy atom. The molecule has 2 aromatic rings. The van der Waals surface area contributed by atoms with Crippen molar-refractivity contribution in [1.29, 1.82) is 0 Å². The van der Waals surface area contributed by atoms with Crippen LogP contribution in [0.5, 0.6) is 0 Å². The number of allylic oxidation sites excluding steroid dienone is 1. The summed E-state index contributed by atoms with van der Waals surface area (Å²) in [5.41, 5.74) is 3.98. The Bertz CT molecular complexity index is 641. The van der Waals surface area contributed by atoms with Gasteiger partial charge in [-0.05, 0) is 42.0 Å². The predicted octanol–water partition coefficient (Wildman–Crippen LogP) is 5.49. The van der Waals surface area contributed by atoms with Crippen molar-refractivity contribution in [3.63, 3.8) is 0 Å². The zero-order valence-electron chi connectivity index (χ0n) is 12.5. The van der Waals surface area contributed by atoms with Gasteiger partial charge < -0.3 is 0 Å². The average molecular weight is 265 g/mol. The van der Waals surface area contributed by atoms with E-state index in [0.29, 0.717) is 0 Å². The monoisotopic (exact) mass is 265 g/mol. The van der Waals surface area contributed by atoms with Crippen LogP contribution in [0, 0.1) is 0 Å². The maximum Gasteiger partial charge on any atom is 0.0709 e. The zero-order valence-corrected chi connectivity index (χ0v) is 12.5. The van der Waals surface area contributed by atoms with Gasteiger partial charge in [0.2, 0.25) is 0 Å². The lowest BCUT2D eigenvalue weighted by Gasteiger charge is -2.33. The lowest BCUT2D eigenvalue weighted by Crippen LogP contribution is -2.25. The summed E-state index contributed by atoms with van der Waals surface area (Å²) in [4.78, 5) is 4.85. The molecule has 0 N–H and O–H groups in total. The molecule has 0 spiro atoms. The molecule has 0 saturated heterocycles. The summed E-state index contributed by atoms with van der Waals surface area (Å²) in [7, 11) is 0.